The first-order valence-electron chi connectivity index (χ1n) is 7.25. The predicted octanol–water partition coefficient (Wildman–Crippen LogP) is 3.69. The third kappa shape index (κ3) is 4.33. The zero-order valence-corrected chi connectivity index (χ0v) is 12.5. The van der Waals surface area contributed by atoms with Crippen LogP contribution >= 0.6 is 0 Å². The van der Waals surface area contributed by atoms with Gasteiger partial charge in [-0.1, -0.05) is 0 Å². The molecule has 128 valence electrons. The molecule has 0 saturated carbocycles. The average molecular weight is 335 g/mol. The van der Waals surface area contributed by atoms with E-state index in [4.69, 9.17) is 9.47 Å². The smallest absolute Gasteiger partial charge is 0.340 e. The molecular weight excluding hydrogens is 318 g/mol. The van der Waals surface area contributed by atoms with Crippen LogP contribution in [0.4, 0.5) is 17.6 Å². The molecule has 0 saturated heterocycles. The fourth-order valence-corrected chi connectivity index (χ4v) is 2.47. The van der Waals surface area contributed by atoms with Gasteiger partial charge in [-0.2, -0.15) is 8.78 Å². The summed E-state index contributed by atoms with van der Waals surface area (Å²) in [5.41, 5.74) is 0.969. The molecule has 4 nitrogen and oxygen atoms in total. The number of alkyl halides is 4. The molecule has 1 aliphatic carbocycles. The highest BCUT2D eigenvalue weighted by Crippen LogP contribution is 2.35. The molecule has 0 N–H and O–H groups in total. The number of esters is 1. The number of halogens is 4. The summed E-state index contributed by atoms with van der Waals surface area (Å²) < 4.78 is 60.7. The molecule has 0 radical (unpaired) electrons. The van der Waals surface area contributed by atoms with E-state index in [0.29, 0.717) is 24.1 Å². The molecule has 1 aromatic rings. The van der Waals surface area contributed by atoms with E-state index in [1.54, 1.807) is 0 Å². The average Bonchev–Trinajstić information content (AvgIpc) is 2.67. The van der Waals surface area contributed by atoms with E-state index in [1.807, 2.05) is 0 Å². The maximum absolute atomic E-state index is 13.0. The van der Waals surface area contributed by atoms with Crippen molar-refractivity contribution >= 4 is 5.97 Å². The lowest BCUT2D eigenvalue weighted by atomic mass is 10.1. The van der Waals surface area contributed by atoms with Gasteiger partial charge in [0.2, 0.25) is 0 Å². The van der Waals surface area contributed by atoms with E-state index in [-0.39, 0.29) is 5.75 Å². The zero-order chi connectivity index (χ0) is 17.0. The second-order valence-corrected chi connectivity index (χ2v) is 5.37. The summed E-state index contributed by atoms with van der Waals surface area (Å²) in [6.07, 6.45) is -0.483. The molecule has 1 aromatic heterocycles. The number of carbonyl (C=O) groups excluding carboxylic acids is 1. The number of nitrogens with zero attached hydrogens (tertiary/aromatic N) is 1. The van der Waals surface area contributed by atoms with Crippen molar-refractivity contribution in [3.8, 4) is 5.75 Å². The SMILES string of the molecule is CC(=O)OC1CCCCc2c(OCC(F)(F)C(F)F)ccnc21. The maximum atomic E-state index is 13.0. The molecule has 0 aliphatic heterocycles. The lowest BCUT2D eigenvalue weighted by Gasteiger charge is -2.20. The number of hydrogen-bond donors (Lipinski definition) is 0. The van der Waals surface area contributed by atoms with Gasteiger partial charge in [-0.25, -0.2) is 8.78 Å². The van der Waals surface area contributed by atoms with Crippen LogP contribution in [0.25, 0.3) is 0 Å². The monoisotopic (exact) mass is 335 g/mol. The molecule has 0 fully saturated rings. The van der Waals surface area contributed by atoms with Gasteiger partial charge < -0.3 is 9.47 Å². The number of hydrogen-bond acceptors (Lipinski definition) is 4. The van der Waals surface area contributed by atoms with Gasteiger partial charge in [0.25, 0.3) is 0 Å². The van der Waals surface area contributed by atoms with Gasteiger partial charge in [0.15, 0.2) is 6.61 Å². The highest BCUT2D eigenvalue weighted by atomic mass is 19.3. The topological polar surface area (TPSA) is 48.4 Å². The van der Waals surface area contributed by atoms with E-state index in [9.17, 15) is 22.4 Å². The first-order chi connectivity index (χ1) is 10.8. The normalized spacial score (nSPS) is 18.3. The molecule has 8 heteroatoms. The van der Waals surface area contributed by atoms with Crippen LogP contribution < -0.4 is 4.74 Å². The highest BCUT2D eigenvalue weighted by Gasteiger charge is 2.42. The van der Waals surface area contributed by atoms with E-state index in [1.165, 1.54) is 19.2 Å². The Labute approximate surface area is 130 Å². The van der Waals surface area contributed by atoms with Crippen molar-refractivity contribution < 1.29 is 31.8 Å². The van der Waals surface area contributed by atoms with Crippen molar-refractivity contribution in [2.24, 2.45) is 0 Å². The summed E-state index contributed by atoms with van der Waals surface area (Å²) in [7, 11) is 0. The second kappa shape index (κ2) is 7.14. The third-order valence-corrected chi connectivity index (χ3v) is 3.54. The van der Waals surface area contributed by atoms with Crippen LogP contribution in [0.3, 0.4) is 0 Å². The van der Waals surface area contributed by atoms with Crippen molar-refractivity contribution in [3.05, 3.63) is 23.5 Å². The van der Waals surface area contributed by atoms with Crippen LogP contribution in [0.1, 0.15) is 43.5 Å². The predicted molar refractivity (Wildman–Crippen MR) is 72.7 cm³/mol. The molecule has 23 heavy (non-hydrogen) atoms. The quantitative estimate of drug-likeness (QED) is 0.468. The van der Waals surface area contributed by atoms with Crippen molar-refractivity contribution in [1.82, 2.24) is 4.98 Å². The largest absolute Gasteiger partial charge is 0.487 e. The van der Waals surface area contributed by atoms with Crippen molar-refractivity contribution in [3.63, 3.8) is 0 Å². The van der Waals surface area contributed by atoms with Crippen molar-refractivity contribution in [2.75, 3.05) is 6.61 Å². The summed E-state index contributed by atoms with van der Waals surface area (Å²) in [5, 5.41) is 0. The van der Waals surface area contributed by atoms with E-state index < -0.39 is 31.0 Å². The number of pyridine rings is 1. The maximum Gasteiger partial charge on any atom is 0.340 e. The summed E-state index contributed by atoms with van der Waals surface area (Å²) >= 11 is 0. The van der Waals surface area contributed by atoms with Gasteiger partial charge in [0.05, 0.1) is 5.69 Å². The first kappa shape index (κ1) is 17.5. The minimum Gasteiger partial charge on any atom is -0.487 e. The number of fused-ring (bicyclic) bond motifs is 1. The van der Waals surface area contributed by atoms with E-state index >= 15 is 0 Å². The third-order valence-electron chi connectivity index (χ3n) is 3.54. The minimum absolute atomic E-state index is 0.0781. The Hall–Kier alpha value is -1.86. The van der Waals surface area contributed by atoms with Crippen LogP contribution in [0, 0.1) is 0 Å². The van der Waals surface area contributed by atoms with Crippen LogP contribution in [-0.4, -0.2) is 29.9 Å². The molecule has 2 rings (SSSR count). The number of carbonyl (C=O) groups is 1. The minimum atomic E-state index is -4.23. The van der Waals surface area contributed by atoms with Crippen molar-refractivity contribution in [1.29, 1.82) is 0 Å². The van der Waals surface area contributed by atoms with Crippen LogP contribution in [-0.2, 0) is 16.0 Å². The molecule has 1 unspecified atom stereocenters. The van der Waals surface area contributed by atoms with Gasteiger partial charge in [-0.15, -0.1) is 0 Å². The Morgan fingerprint density at radius 3 is 2.83 bits per heavy atom. The van der Waals surface area contributed by atoms with Gasteiger partial charge in [-0.05, 0) is 31.7 Å². The van der Waals surface area contributed by atoms with Crippen molar-refractivity contribution in [2.45, 2.75) is 51.1 Å². The summed E-state index contributed by atoms with van der Waals surface area (Å²) in [5.74, 6) is -4.62. The van der Waals surface area contributed by atoms with E-state index in [0.717, 1.165) is 12.8 Å². The molecule has 1 heterocycles. The Kier molecular flexibility index (Phi) is 5.43. The van der Waals surface area contributed by atoms with Gasteiger partial charge in [0, 0.05) is 18.7 Å². The summed E-state index contributed by atoms with van der Waals surface area (Å²) in [6, 6.07) is 1.36. The Balaban J connectivity index is 2.24. The fourth-order valence-electron chi connectivity index (χ4n) is 2.47. The van der Waals surface area contributed by atoms with E-state index in [2.05, 4.69) is 4.98 Å². The van der Waals surface area contributed by atoms with Crippen LogP contribution in [0.5, 0.6) is 5.75 Å². The number of aromatic nitrogens is 1. The van der Waals surface area contributed by atoms with Crippen LogP contribution in [0.2, 0.25) is 0 Å². The van der Waals surface area contributed by atoms with Crippen LogP contribution in [0.15, 0.2) is 12.3 Å². The molecule has 1 aliphatic rings. The molecule has 0 aromatic carbocycles. The Morgan fingerprint density at radius 2 is 2.17 bits per heavy atom. The highest BCUT2D eigenvalue weighted by molar-refractivity contribution is 5.66. The second-order valence-electron chi connectivity index (χ2n) is 5.37. The number of ether oxygens (including phenoxy) is 2. The molecule has 0 amide bonds. The summed E-state index contributed by atoms with van der Waals surface area (Å²) in [6.45, 7) is -0.145. The standard InChI is InChI=1S/C15H17F4NO3/c1-9(21)23-12-5-3-2-4-10-11(6-7-20-13(10)12)22-8-15(18,19)14(16)17/h6-7,12,14H,2-5,8H2,1H3. The number of rotatable bonds is 5. The molecule has 0 spiro atoms. The van der Waals surface area contributed by atoms with Gasteiger partial charge >= 0.3 is 18.3 Å². The molecule has 0 bridgehead atoms. The van der Waals surface area contributed by atoms with Gasteiger partial charge in [0.1, 0.15) is 11.9 Å². The fraction of sp³-hybridized carbons (Fsp3) is 0.600. The lowest BCUT2D eigenvalue weighted by Crippen LogP contribution is -2.34. The first-order valence-corrected chi connectivity index (χ1v) is 7.25. The van der Waals surface area contributed by atoms with Gasteiger partial charge in [-0.3, -0.25) is 9.78 Å². The Bertz CT molecular complexity index is 566. The zero-order valence-electron chi connectivity index (χ0n) is 12.5. The molecule has 1 atom stereocenters. The molecular formula is C15H17F4NO3. The lowest BCUT2D eigenvalue weighted by molar-refractivity contribution is -0.148. The summed E-state index contributed by atoms with van der Waals surface area (Å²) in [4.78, 5) is 15.3. The Morgan fingerprint density at radius 1 is 1.43 bits per heavy atom.